The molecule has 0 N–H and O–H groups in total. The van der Waals surface area contributed by atoms with Crippen molar-refractivity contribution in [3.05, 3.63) is 63.3 Å². The molecule has 0 aliphatic carbocycles. The Kier molecular flexibility index (Phi) is 4.02. The van der Waals surface area contributed by atoms with Crippen LogP contribution in [0.2, 0.25) is 5.02 Å². The second kappa shape index (κ2) is 5.52. The van der Waals surface area contributed by atoms with Crippen molar-refractivity contribution in [2.75, 3.05) is 0 Å². The lowest BCUT2D eigenvalue weighted by molar-refractivity contribution is 0.305. The molecule has 0 saturated heterocycles. The van der Waals surface area contributed by atoms with Crippen molar-refractivity contribution >= 4 is 27.5 Å². The van der Waals surface area contributed by atoms with E-state index >= 15 is 0 Å². The number of hydrogen-bond acceptors (Lipinski definition) is 1. The second-order valence-corrected chi connectivity index (χ2v) is 4.75. The van der Waals surface area contributed by atoms with E-state index in [4.69, 9.17) is 16.3 Å². The van der Waals surface area contributed by atoms with Gasteiger partial charge in [-0.15, -0.1) is 0 Å². The molecule has 0 aliphatic heterocycles. The molecule has 0 bridgehead atoms. The van der Waals surface area contributed by atoms with Gasteiger partial charge in [-0.25, -0.2) is 4.39 Å². The molecule has 0 aromatic heterocycles. The summed E-state index contributed by atoms with van der Waals surface area (Å²) in [5.41, 5.74) is 0.961. The van der Waals surface area contributed by atoms with Gasteiger partial charge in [0.2, 0.25) is 0 Å². The average molecular weight is 316 g/mol. The van der Waals surface area contributed by atoms with Crippen LogP contribution in [0.1, 0.15) is 5.56 Å². The Morgan fingerprint density at radius 2 is 1.82 bits per heavy atom. The normalized spacial score (nSPS) is 10.3. The van der Waals surface area contributed by atoms with Crippen molar-refractivity contribution in [1.82, 2.24) is 0 Å². The lowest BCUT2D eigenvalue weighted by Crippen LogP contribution is -1.95. The molecule has 2 aromatic rings. The molecule has 0 atom stereocenters. The van der Waals surface area contributed by atoms with Gasteiger partial charge in [-0.1, -0.05) is 17.7 Å². The van der Waals surface area contributed by atoms with Crippen LogP contribution in [-0.2, 0) is 6.61 Å². The highest BCUT2D eigenvalue weighted by molar-refractivity contribution is 9.10. The molecule has 0 fully saturated rings. The van der Waals surface area contributed by atoms with E-state index in [9.17, 15) is 4.39 Å². The molecule has 0 aliphatic rings. The first-order valence-corrected chi connectivity index (χ1v) is 6.14. The summed E-state index contributed by atoms with van der Waals surface area (Å²) in [5.74, 6) is 0.356. The quantitative estimate of drug-likeness (QED) is 0.789. The first-order valence-electron chi connectivity index (χ1n) is 4.97. The van der Waals surface area contributed by atoms with E-state index in [2.05, 4.69) is 15.9 Å². The zero-order valence-electron chi connectivity index (χ0n) is 8.79. The van der Waals surface area contributed by atoms with Gasteiger partial charge in [0.25, 0.3) is 0 Å². The van der Waals surface area contributed by atoms with E-state index in [-0.39, 0.29) is 5.82 Å². The molecule has 4 heteroatoms. The summed E-state index contributed by atoms with van der Waals surface area (Å²) in [6.07, 6.45) is 0. The predicted molar refractivity (Wildman–Crippen MR) is 69.9 cm³/mol. The summed E-state index contributed by atoms with van der Waals surface area (Å²) in [6, 6.07) is 11.5. The predicted octanol–water partition coefficient (Wildman–Crippen LogP) is 4.82. The summed E-state index contributed by atoms with van der Waals surface area (Å²) in [4.78, 5) is 0. The van der Waals surface area contributed by atoms with Gasteiger partial charge in [0.1, 0.15) is 18.2 Å². The number of ether oxygens (including phenoxy) is 1. The third-order valence-electron chi connectivity index (χ3n) is 2.20. The molecule has 0 spiro atoms. The van der Waals surface area contributed by atoms with Gasteiger partial charge in [-0.2, -0.15) is 0 Å². The average Bonchev–Trinajstić information content (AvgIpc) is 2.33. The highest BCUT2D eigenvalue weighted by atomic mass is 79.9. The molecule has 0 saturated carbocycles. The maximum absolute atomic E-state index is 12.7. The first kappa shape index (κ1) is 12.4. The van der Waals surface area contributed by atoms with Crippen LogP contribution in [-0.4, -0.2) is 0 Å². The zero-order valence-corrected chi connectivity index (χ0v) is 11.1. The van der Waals surface area contributed by atoms with Crippen LogP contribution in [0.5, 0.6) is 5.75 Å². The van der Waals surface area contributed by atoms with Crippen LogP contribution in [0.15, 0.2) is 46.9 Å². The Labute approximate surface area is 112 Å². The van der Waals surface area contributed by atoms with Crippen molar-refractivity contribution in [3.8, 4) is 5.75 Å². The van der Waals surface area contributed by atoms with Crippen LogP contribution in [0.3, 0.4) is 0 Å². The van der Waals surface area contributed by atoms with E-state index in [1.807, 2.05) is 18.2 Å². The Morgan fingerprint density at radius 3 is 2.47 bits per heavy atom. The van der Waals surface area contributed by atoms with Gasteiger partial charge in [0, 0.05) is 4.47 Å². The van der Waals surface area contributed by atoms with E-state index < -0.39 is 0 Å². The van der Waals surface area contributed by atoms with Crippen molar-refractivity contribution in [2.45, 2.75) is 6.61 Å². The van der Waals surface area contributed by atoms with E-state index in [0.29, 0.717) is 17.4 Å². The van der Waals surface area contributed by atoms with Crippen LogP contribution >= 0.6 is 27.5 Å². The minimum Gasteiger partial charge on any atom is -0.489 e. The lowest BCUT2D eigenvalue weighted by Gasteiger charge is -2.07. The Bertz CT molecular complexity index is 513. The summed E-state index contributed by atoms with van der Waals surface area (Å²) < 4.78 is 19.0. The van der Waals surface area contributed by atoms with E-state index in [1.165, 1.54) is 12.1 Å². The Morgan fingerprint density at radius 1 is 1.12 bits per heavy atom. The van der Waals surface area contributed by atoms with E-state index in [0.717, 1.165) is 10.0 Å². The van der Waals surface area contributed by atoms with Gasteiger partial charge in [0.05, 0.1) is 5.02 Å². The monoisotopic (exact) mass is 314 g/mol. The molecule has 0 amide bonds. The second-order valence-electron chi connectivity index (χ2n) is 3.49. The molecule has 0 heterocycles. The number of halogens is 3. The standard InChI is InChI=1S/C13H9BrClFO/c14-12-6-1-9(7-13(12)15)8-17-11-4-2-10(16)3-5-11/h1-7H,8H2. The van der Waals surface area contributed by atoms with Crippen molar-refractivity contribution in [2.24, 2.45) is 0 Å². The zero-order chi connectivity index (χ0) is 12.3. The summed E-state index contributed by atoms with van der Waals surface area (Å²) in [6.45, 7) is 0.401. The molecule has 88 valence electrons. The van der Waals surface area contributed by atoms with Crippen LogP contribution < -0.4 is 4.74 Å². The van der Waals surface area contributed by atoms with Gasteiger partial charge in [-0.3, -0.25) is 0 Å². The number of benzene rings is 2. The highest BCUT2D eigenvalue weighted by Crippen LogP contribution is 2.24. The minimum absolute atomic E-state index is 0.274. The third kappa shape index (κ3) is 3.45. The summed E-state index contributed by atoms with van der Waals surface area (Å²) in [7, 11) is 0. The fraction of sp³-hybridized carbons (Fsp3) is 0.0769. The van der Waals surface area contributed by atoms with Gasteiger partial charge >= 0.3 is 0 Å². The Balaban J connectivity index is 2.02. The molecule has 0 unspecified atom stereocenters. The molecular formula is C13H9BrClFO. The lowest BCUT2D eigenvalue weighted by atomic mass is 10.2. The topological polar surface area (TPSA) is 9.23 Å². The summed E-state index contributed by atoms with van der Waals surface area (Å²) >= 11 is 9.28. The number of rotatable bonds is 3. The number of hydrogen-bond donors (Lipinski definition) is 0. The van der Waals surface area contributed by atoms with Gasteiger partial charge < -0.3 is 4.74 Å². The smallest absolute Gasteiger partial charge is 0.123 e. The summed E-state index contributed by atoms with van der Waals surface area (Å²) in [5, 5.41) is 0.644. The van der Waals surface area contributed by atoms with Crippen molar-refractivity contribution in [1.29, 1.82) is 0 Å². The van der Waals surface area contributed by atoms with E-state index in [1.54, 1.807) is 12.1 Å². The fourth-order valence-electron chi connectivity index (χ4n) is 1.33. The molecule has 0 radical (unpaired) electrons. The largest absolute Gasteiger partial charge is 0.489 e. The third-order valence-corrected chi connectivity index (χ3v) is 3.44. The molecule has 2 aromatic carbocycles. The molecule has 17 heavy (non-hydrogen) atoms. The first-order chi connectivity index (χ1) is 8.15. The highest BCUT2D eigenvalue weighted by Gasteiger charge is 2.00. The van der Waals surface area contributed by atoms with Crippen LogP contribution in [0.25, 0.3) is 0 Å². The van der Waals surface area contributed by atoms with Crippen molar-refractivity contribution in [3.63, 3.8) is 0 Å². The van der Waals surface area contributed by atoms with Crippen molar-refractivity contribution < 1.29 is 9.13 Å². The van der Waals surface area contributed by atoms with Crippen LogP contribution in [0.4, 0.5) is 4.39 Å². The molecular weight excluding hydrogens is 306 g/mol. The van der Waals surface area contributed by atoms with Gasteiger partial charge in [-0.05, 0) is 57.9 Å². The van der Waals surface area contributed by atoms with Gasteiger partial charge in [0.15, 0.2) is 0 Å². The SMILES string of the molecule is Fc1ccc(OCc2ccc(Br)c(Cl)c2)cc1. The molecule has 2 rings (SSSR count). The van der Waals surface area contributed by atoms with Crippen LogP contribution in [0, 0.1) is 5.82 Å². The fourth-order valence-corrected chi connectivity index (χ4v) is 1.78. The minimum atomic E-state index is -0.274. The Hall–Kier alpha value is -1.06. The maximum atomic E-state index is 12.7. The molecule has 1 nitrogen and oxygen atoms in total. The maximum Gasteiger partial charge on any atom is 0.123 e.